The average molecular weight is 308 g/mol. The van der Waals surface area contributed by atoms with Gasteiger partial charge in [0.25, 0.3) is 0 Å². The van der Waals surface area contributed by atoms with Crippen LogP contribution in [0.25, 0.3) is 0 Å². The number of aryl methyl sites for hydroxylation is 1. The fourth-order valence-electron chi connectivity index (χ4n) is 4.06. The highest BCUT2D eigenvalue weighted by atomic mass is 32.1. The summed E-state index contributed by atoms with van der Waals surface area (Å²) in [5.74, 6) is 0.742. The fraction of sp³-hybridized carbons (Fsp3) is 0.824. The van der Waals surface area contributed by atoms with Crippen molar-refractivity contribution in [1.29, 1.82) is 0 Å². The topological polar surface area (TPSA) is 34.1 Å². The monoisotopic (exact) mass is 308 g/mol. The van der Waals surface area contributed by atoms with Gasteiger partial charge in [0.05, 0.1) is 11.7 Å². The molecule has 0 saturated heterocycles. The summed E-state index contributed by atoms with van der Waals surface area (Å²) in [4.78, 5) is 6.58. The minimum absolute atomic E-state index is 0.104. The third-order valence-corrected chi connectivity index (χ3v) is 6.39. The molecule has 0 amide bonds. The van der Waals surface area contributed by atoms with Crippen LogP contribution in [0.5, 0.6) is 0 Å². The number of fused-ring (bicyclic) bond motifs is 1. The first kappa shape index (κ1) is 15.4. The lowest BCUT2D eigenvalue weighted by Crippen LogP contribution is -2.35. The van der Waals surface area contributed by atoms with E-state index in [9.17, 15) is 0 Å². The third kappa shape index (κ3) is 2.90. The minimum Gasteiger partial charge on any atom is -0.368 e. The van der Waals surface area contributed by atoms with Crippen molar-refractivity contribution in [2.45, 2.75) is 70.4 Å². The molecule has 118 valence electrons. The van der Waals surface area contributed by atoms with Crippen molar-refractivity contribution in [1.82, 2.24) is 10.3 Å². The van der Waals surface area contributed by atoms with E-state index in [-0.39, 0.29) is 5.60 Å². The first-order valence-electron chi connectivity index (χ1n) is 8.50. The van der Waals surface area contributed by atoms with Crippen molar-refractivity contribution in [2.75, 3.05) is 13.7 Å². The van der Waals surface area contributed by atoms with Gasteiger partial charge < -0.3 is 10.1 Å². The van der Waals surface area contributed by atoms with E-state index in [0.717, 1.165) is 25.4 Å². The van der Waals surface area contributed by atoms with Gasteiger partial charge in [0, 0.05) is 11.5 Å². The van der Waals surface area contributed by atoms with Crippen molar-refractivity contribution in [3.05, 3.63) is 15.6 Å². The Bertz CT molecular complexity index is 483. The van der Waals surface area contributed by atoms with Gasteiger partial charge in [-0.3, -0.25) is 0 Å². The van der Waals surface area contributed by atoms with Crippen LogP contribution in [0.2, 0.25) is 0 Å². The molecule has 0 bridgehead atoms. The van der Waals surface area contributed by atoms with Crippen LogP contribution in [0.3, 0.4) is 0 Å². The van der Waals surface area contributed by atoms with Crippen molar-refractivity contribution in [3.63, 3.8) is 0 Å². The predicted molar refractivity (Wildman–Crippen MR) is 87.8 cm³/mol. The molecular weight excluding hydrogens is 280 g/mol. The molecule has 1 fully saturated rings. The van der Waals surface area contributed by atoms with Gasteiger partial charge in [0.2, 0.25) is 0 Å². The van der Waals surface area contributed by atoms with E-state index in [1.54, 1.807) is 0 Å². The van der Waals surface area contributed by atoms with Crippen LogP contribution in [0.4, 0.5) is 0 Å². The van der Waals surface area contributed by atoms with Gasteiger partial charge in [0.1, 0.15) is 10.6 Å². The second kappa shape index (κ2) is 6.35. The highest BCUT2D eigenvalue weighted by Crippen LogP contribution is 2.46. The van der Waals surface area contributed by atoms with E-state index in [2.05, 4.69) is 26.2 Å². The van der Waals surface area contributed by atoms with Crippen LogP contribution in [0, 0.1) is 5.92 Å². The summed E-state index contributed by atoms with van der Waals surface area (Å²) in [6.45, 7) is 5.26. The lowest BCUT2D eigenvalue weighted by molar-refractivity contribution is -0.0821. The van der Waals surface area contributed by atoms with Crippen molar-refractivity contribution < 1.29 is 4.74 Å². The predicted octanol–water partition coefficient (Wildman–Crippen LogP) is 4.18. The highest BCUT2D eigenvalue weighted by Gasteiger charge is 2.41. The number of thiazole rings is 1. The molecule has 1 aromatic heterocycles. The molecular formula is C17H28N2OS. The van der Waals surface area contributed by atoms with Gasteiger partial charge in [-0.1, -0.05) is 13.3 Å². The van der Waals surface area contributed by atoms with E-state index in [0.29, 0.717) is 6.04 Å². The second-order valence-corrected chi connectivity index (χ2v) is 7.77. The van der Waals surface area contributed by atoms with Crippen molar-refractivity contribution >= 4 is 11.3 Å². The molecule has 3 nitrogen and oxygen atoms in total. The number of hydrogen-bond acceptors (Lipinski definition) is 4. The highest BCUT2D eigenvalue weighted by molar-refractivity contribution is 7.11. The molecule has 0 spiro atoms. The van der Waals surface area contributed by atoms with Crippen LogP contribution < -0.4 is 5.32 Å². The summed E-state index contributed by atoms with van der Waals surface area (Å²) < 4.78 is 6.30. The summed E-state index contributed by atoms with van der Waals surface area (Å²) in [6.07, 6.45) is 8.56. The Kier molecular flexibility index (Phi) is 4.67. The molecule has 3 atom stereocenters. The third-order valence-electron chi connectivity index (χ3n) is 5.07. The van der Waals surface area contributed by atoms with Gasteiger partial charge in [-0.15, -0.1) is 11.3 Å². The summed E-state index contributed by atoms with van der Waals surface area (Å²) in [6, 6.07) is 0.443. The lowest BCUT2D eigenvalue weighted by Gasteiger charge is -2.38. The molecule has 2 aliphatic carbocycles. The van der Waals surface area contributed by atoms with E-state index >= 15 is 0 Å². The van der Waals surface area contributed by atoms with Crippen molar-refractivity contribution in [3.8, 4) is 0 Å². The Labute approximate surface area is 132 Å². The number of nitrogens with one attached hydrogen (secondary N) is 1. The summed E-state index contributed by atoms with van der Waals surface area (Å²) in [5.41, 5.74) is 1.20. The Morgan fingerprint density at radius 1 is 1.38 bits per heavy atom. The molecule has 1 heterocycles. The fourth-order valence-corrected chi connectivity index (χ4v) is 5.41. The smallest absolute Gasteiger partial charge is 0.125 e. The Morgan fingerprint density at radius 3 is 2.95 bits per heavy atom. The number of hydrogen-bond donors (Lipinski definition) is 1. The van der Waals surface area contributed by atoms with Gasteiger partial charge in [0.15, 0.2) is 0 Å². The summed E-state index contributed by atoms with van der Waals surface area (Å²) in [5, 5.41) is 4.69. The van der Waals surface area contributed by atoms with E-state index < -0.39 is 0 Å². The molecule has 4 heteroatoms. The van der Waals surface area contributed by atoms with Gasteiger partial charge in [-0.05, 0) is 58.4 Å². The van der Waals surface area contributed by atoms with E-state index in [4.69, 9.17) is 9.72 Å². The van der Waals surface area contributed by atoms with Gasteiger partial charge in [-0.25, -0.2) is 4.98 Å². The van der Waals surface area contributed by atoms with Gasteiger partial charge in [-0.2, -0.15) is 0 Å². The van der Waals surface area contributed by atoms with Crippen LogP contribution in [0.15, 0.2) is 0 Å². The zero-order valence-corrected chi connectivity index (χ0v) is 14.4. The minimum atomic E-state index is -0.104. The van der Waals surface area contributed by atoms with E-state index in [1.165, 1.54) is 47.7 Å². The molecule has 1 saturated carbocycles. The first-order chi connectivity index (χ1) is 10.2. The molecule has 3 rings (SSSR count). The zero-order chi connectivity index (χ0) is 14.9. The molecule has 0 aliphatic heterocycles. The standard InChI is InChI=1S/C17H28N2OS/c1-4-20-17(10-6-7-12(2)11-17)16-19-15-13(18-3)8-5-9-14(15)21-16/h12-13,18H,4-11H2,1-3H3. The maximum Gasteiger partial charge on any atom is 0.125 e. The van der Waals surface area contributed by atoms with Crippen LogP contribution in [-0.4, -0.2) is 18.6 Å². The van der Waals surface area contributed by atoms with Crippen LogP contribution in [0.1, 0.15) is 74.0 Å². The Balaban J connectivity index is 1.95. The average Bonchev–Trinajstić information content (AvgIpc) is 2.92. The largest absolute Gasteiger partial charge is 0.368 e. The zero-order valence-electron chi connectivity index (χ0n) is 13.6. The quantitative estimate of drug-likeness (QED) is 0.906. The van der Waals surface area contributed by atoms with Crippen molar-refractivity contribution in [2.24, 2.45) is 5.92 Å². The molecule has 2 aliphatic rings. The maximum atomic E-state index is 6.30. The normalized spacial score (nSPS) is 32.9. The molecule has 0 aromatic carbocycles. The van der Waals surface area contributed by atoms with E-state index in [1.807, 2.05) is 11.3 Å². The first-order valence-corrected chi connectivity index (χ1v) is 9.31. The Hall–Kier alpha value is -0.450. The number of ether oxygens (including phenoxy) is 1. The number of aromatic nitrogens is 1. The second-order valence-electron chi connectivity index (χ2n) is 6.69. The summed E-state index contributed by atoms with van der Waals surface area (Å²) >= 11 is 1.93. The molecule has 0 radical (unpaired) electrons. The SMILES string of the molecule is CCOC1(c2nc3c(s2)CCCC3NC)CCCC(C)C1. The molecule has 3 unspecified atom stereocenters. The van der Waals surface area contributed by atoms with Crippen LogP contribution in [-0.2, 0) is 16.8 Å². The molecule has 1 aromatic rings. The van der Waals surface area contributed by atoms with Gasteiger partial charge >= 0.3 is 0 Å². The maximum absolute atomic E-state index is 6.30. The molecule has 1 N–H and O–H groups in total. The lowest BCUT2D eigenvalue weighted by atomic mass is 9.79. The number of rotatable bonds is 4. The summed E-state index contributed by atoms with van der Waals surface area (Å²) in [7, 11) is 2.06. The van der Waals surface area contributed by atoms with Crippen LogP contribution >= 0.6 is 11.3 Å². The number of nitrogens with zero attached hydrogens (tertiary/aromatic N) is 1. The molecule has 21 heavy (non-hydrogen) atoms. The Morgan fingerprint density at radius 2 is 2.24 bits per heavy atom.